The first-order valence-electron chi connectivity index (χ1n) is 8.31. The predicted octanol–water partition coefficient (Wildman–Crippen LogP) is 4.15. The van der Waals surface area contributed by atoms with E-state index in [-0.39, 0.29) is 24.1 Å². The number of anilines is 1. The molecule has 0 spiro atoms. The van der Waals surface area contributed by atoms with Crippen LogP contribution >= 0.6 is 0 Å². The number of benzene rings is 2. The second-order valence-electron chi connectivity index (χ2n) is 6.13. The van der Waals surface area contributed by atoms with Crippen molar-refractivity contribution in [3.63, 3.8) is 0 Å². The minimum Gasteiger partial charge on any atom is -0.369 e. The fraction of sp³-hybridized carbons (Fsp3) is 0.100. The molecule has 136 valence electrons. The smallest absolute Gasteiger partial charge is 0.256 e. The maximum atomic E-state index is 13.8. The minimum absolute atomic E-state index is 0.234. The number of pyridine rings is 2. The monoisotopic (exact) mass is 369 g/mol. The normalized spacial score (nSPS) is 11.2. The van der Waals surface area contributed by atoms with E-state index < -0.39 is 17.5 Å². The summed E-state index contributed by atoms with van der Waals surface area (Å²) >= 11 is 0. The molecule has 0 aliphatic heterocycles. The molecule has 4 rings (SSSR count). The molecule has 2 aromatic heterocycles. The van der Waals surface area contributed by atoms with E-state index in [1.807, 2.05) is 0 Å². The zero-order chi connectivity index (χ0) is 19.0. The Bertz CT molecular complexity index is 1220. The maximum absolute atomic E-state index is 13.8. The van der Waals surface area contributed by atoms with Gasteiger partial charge in [-0.25, -0.2) is 18.2 Å². The largest absolute Gasteiger partial charge is 0.369 e. The fourth-order valence-corrected chi connectivity index (χ4v) is 3.12. The molecule has 0 atom stereocenters. The Labute approximate surface area is 151 Å². The van der Waals surface area contributed by atoms with E-state index in [0.29, 0.717) is 27.5 Å². The van der Waals surface area contributed by atoms with Crippen LogP contribution in [0.25, 0.3) is 21.7 Å². The van der Waals surface area contributed by atoms with Gasteiger partial charge in [0.1, 0.15) is 23.3 Å². The molecule has 7 heteroatoms. The number of hydrogen-bond donors (Lipinski definition) is 2. The lowest BCUT2D eigenvalue weighted by Crippen LogP contribution is -2.11. The molecule has 0 saturated heterocycles. The van der Waals surface area contributed by atoms with Crippen molar-refractivity contribution in [1.29, 1.82) is 0 Å². The van der Waals surface area contributed by atoms with Crippen LogP contribution in [0.2, 0.25) is 0 Å². The molecule has 2 heterocycles. The number of fused-ring (bicyclic) bond motifs is 3. The number of nitrogens with zero attached hydrogens (tertiary/aromatic N) is 1. The summed E-state index contributed by atoms with van der Waals surface area (Å²) < 4.78 is 40.7. The van der Waals surface area contributed by atoms with E-state index in [2.05, 4.69) is 15.3 Å². The molecular weight excluding hydrogens is 355 g/mol. The number of aromatic amines is 1. The third kappa shape index (κ3) is 3.23. The summed E-state index contributed by atoms with van der Waals surface area (Å²) in [6.07, 6.45) is 1.71. The molecule has 0 unspecified atom stereocenters. The highest BCUT2D eigenvalue weighted by atomic mass is 19.1. The summed E-state index contributed by atoms with van der Waals surface area (Å²) in [5.74, 6) is -1.03. The van der Waals surface area contributed by atoms with Gasteiger partial charge in [-0.05, 0) is 54.4 Å². The highest BCUT2D eigenvalue weighted by molar-refractivity contribution is 6.09. The van der Waals surface area contributed by atoms with Crippen molar-refractivity contribution in [2.45, 2.75) is 6.42 Å². The Morgan fingerprint density at radius 1 is 0.963 bits per heavy atom. The SMILES string of the molecule is O=c1[nH]ccc2c(NCCc3cc(F)ccc3F)nc3ccc(F)cc3c12. The van der Waals surface area contributed by atoms with Gasteiger partial charge >= 0.3 is 0 Å². The first-order chi connectivity index (χ1) is 13.0. The van der Waals surface area contributed by atoms with Gasteiger partial charge in [0.2, 0.25) is 0 Å². The van der Waals surface area contributed by atoms with E-state index in [0.717, 1.165) is 18.2 Å². The summed E-state index contributed by atoms with van der Waals surface area (Å²) in [6.45, 7) is 0.280. The highest BCUT2D eigenvalue weighted by Gasteiger charge is 2.12. The molecule has 27 heavy (non-hydrogen) atoms. The second kappa shape index (κ2) is 6.75. The van der Waals surface area contributed by atoms with Crippen molar-refractivity contribution in [2.24, 2.45) is 0 Å². The molecule has 0 bridgehead atoms. The average Bonchev–Trinajstić information content (AvgIpc) is 2.65. The van der Waals surface area contributed by atoms with Crippen LogP contribution < -0.4 is 10.9 Å². The summed E-state index contributed by atoms with van der Waals surface area (Å²) in [5, 5.41) is 4.33. The van der Waals surface area contributed by atoms with E-state index in [9.17, 15) is 18.0 Å². The number of rotatable bonds is 4. The van der Waals surface area contributed by atoms with Gasteiger partial charge in [0.15, 0.2) is 0 Å². The number of hydrogen-bond acceptors (Lipinski definition) is 3. The van der Waals surface area contributed by atoms with Crippen LogP contribution in [-0.4, -0.2) is 16.5 Å². The summed E-state index contributed by atoms with van der Waals surface area (Å²) in [5.41, 5.74) is 0.345. The van der Waals surface area contributed by atoms with Gasteiger partial charge in [0.25, 0.3) is 5.56 Å². The molecule has 2 aromatic carbocycles. The van der Waals surface area contributed by atoms with Crippen molar-refractivity contribution >= 4 is 27.5 Å². The zero-order valence-electron chi connectivity index (χ0n) is 14.0. The van der Waals surface area contributed by atoms with Crippen molar-refractivity contribution in [3.8, 4) is 0 Å². The van der Waals surface area contributed by atoms with E-state index in [4.69, 9.17) is 0 Å². The predicted molar refractivity (Wildman–Crippen MR) is 98.4 cm³/mol. The maximum Gasteiger partial charge on any atom is 0.256 e. The molecule has 0 radical (unpaired) electrons. The van der Waals surface area contributed by atoms with Crippen LogP contribution in [0, 0.1) is 17.5 Å². The number of aromatic nitrogens is 2. The lowest BCUT2D eigenvalue weighted by molar-refractivity contribution is 0.586. The van der Waals surface area contributed by atoms with Crippen molar-refractivity contribution in [3.05, 3.63) is 82.0 Å². The van der Waals surface area contributed by atoms with E-state index >= 15 is 0 Å². The Morgan fingerprint density at radius 2 is 1.74 bits per heavy atom. The third-order valence-electron chi connectivity index (χ3n) is 4.37. The fourth-order valence-electron chi connectivity index (χ4n) is 3.12. The van der Waals surface area contributed by atoms with Crippen molar-refractivity contribution in [1.82, 2.24) is 9.97 Å². The molecule has 4 nitrogen and oxygen atoms in total. The van der Waals surface area contributed by atoms with Gasteiger partial charge in [0, 0.05) is 23.5 Å². The molecule has 2 N–H and O–H groups in total. The summed E-state index contributed by atoms with van der Waals surface area (Å²) in [7, 11) is 0. The molecular formula is C20H14F3N3O. The van der Waals surface area contributed by atoms with Crippen LogP contribution in [0.4, 0.5) is 19.0 Å². The molecule has 0 fully saturated rings. The van der Waals surface area contributed by atoms with Crippen LogP contribution in [0.3, 0.4) is 0 Å². The third-order valence-corrected chi connectivity index (χ3v) is 4.37. The van der Waals surface area contributed by atoms with E-state index in [1.165, 1.54) is 24.4 Å². The average molecular weight is 369 g/mol. The van der Waals surface area contributed by atoms with Crippen LogP contribution in [-0.2, 0) is 6.42 Å². The van der Waals surface area contributed by atoms with Gasteiger partial charge in [-0.2, -0.15) is 0 Å². The molecule has 0 saturated carbocycles. The van der Waals surface area contributed by atoms with Gasteiger partial charge in [-0.1, -0.05) is 0 Å². The van der Waals surface area contributed by atoms with Crippen molar-refractivity contribution in [2.75, 3.05) is 11.9 Å². The van der Waals surface area contributed by atoms with Crippen LogP contribution in [0.1, 0.15) is 5.56 Å². The lowest BCUT2D eigenvalue weighted by atomic mass is 10.1. The Morgan fingerprint density at radius 3 is 2.59 bits per heavy atom. The first-order valence-corrected chi connectivity index (χ1v) is 8.31. The van der Waals surface area contributed by atoms with Crippen LogP contribution in [0.15, 0.2) is 53.5 Å². The highest BCUT2D eigenvalue weighted by Crippen LogP contribution is 2.27. The molecule has 0 amide bonds. The molecule has 0 aliphatic carbocycles. The van der Waals surface area contributed by atoms with Gasteiger partial charge in [0.05, 0.1) is 10.9 Å². The van der Waals surface area contributed by atoms with Crippen molar-refractivity contribution < 1.29 is 13.2 Å². The number of halogens is 3. The Hall–Kier alpha value is -3.35. The summed E-state index contributed by atoms with van der Waals surface area (Å²) in [4.78, 5) is 19.4. The first kappa shape index (κ1) is 17.1. The van der Waals surface area contributed by atoms with Gasteiger partial charge in [-0.3, -0.25) is 4.79 Å². The number of H-pyrrole nitrogens is 1. The minimum atomic E-state index is -0.505. The standard InChI is InChI=1S/C20H14F3N3O/c21-12-1-3-16(23)11(9-12)5-7-24-19-14-6-8-25-20(27)18(14)15-10-13(22)2-4-17(15)26-19/h1-4,6,8-10H,5,7H2,(H,24,26)(H,25,27). The molecule has 0 aliphatic rings. The Kier molecular flexibility index (Phi) is 4.27. The van der Waals surface area contributed by atoms with Crippen LogP contribution in [0.5, 0.6) is 0 Å². The van der Waals surface area contributed by atoms with E-state index in [1.54, 1.807) is 6.07 Å². The Balaban J connectivity index is 1.73. The quantitative estimate of drug-likeness (QED) is 0.532. The topological polar surface area (TPSA) is 57.8 Å². The zero-order valence-corrected chi connectivity index (χ0v) is 14.0. The second-order valence-corrected chi connectivity index (χ2v) is 6.13. The lowest BCUT2D eigenvalue weighted by Gasteiger charge is -2.11. The summed E-state index contributed by atoms with van der Waals surface area (Å²) in [6, 6.07) is 9.00. The van der Waals surface area contributed by atoms with Gasteiger partial charge in [-0.15, -0.1) is 0 Å². The van der Waals surface area contributed by atoms with Gasteiger partial charge < -0.3 is 10.3 Å². The molecule has 4 aromatic rings. The number of nitrogens with one attached hydrogen (secondary N) is 2.